The molecular weight excluding hydrogens is 814 g/mol. The highest BCUT2D eigenvalue weighted by Crippen LogP contribution is 2.25. The van der Waals surface area contributed by atoms with Crippen LogP contribution in [0.5, 0.6) is 5.75 Å². The molecule has 0 saturated heterocycles. The number of carbonyl (C=O) groups excluding carboxylic acids is 8. The predicted molar refractivity (Wildman–Crippen MR) is 226 cm³/mol. The number of phenols is 1. The smallest absolute Gasteiger partial charge is 0.325 e. The summed E-state index contributed by atoms with van der Waals surface area (Å²) in [6, 6.07) is 13.6. The predicted octanol–water partition coefficient (Wildman–Crippen LogP) is 1.20. The van der Waals surface area contributed by atoms with Crippen LogP contribution in [0.1, 0.15) is 44.4 Å². The number of anilines is 3. The van der Waals surface area contributed by atoms with Crippen molar-refractivity contribution in [1.82, 2.24) is 41.9 Å². The number of urea groups is 3. The second-order valence-corrected chi connectivity index (χ2v) is 12.2. The van der Waals surface area contributed by atoms with Gasteiger partial charge in [0.25, 0.3) is 5.91 Å². The van der Waals surface area contributed by atoms with Gasteiger partial charge in [-0.1, -0.05) is 24.3 Å². The maximum atomic E-state index is 11.6. The van der Waals surface area contributed by atoms with Crippen LogP contribution in [-0.4, -0.2) is 110 Å². The maximum absolute atomic E-state index is 11.6. The molecular formula is C39H55N11O12. The number of amides is 9. The van der Waals surface area contributed by atoms with Crippen molar-refractivity contribution in [3.63, 3.8) is 0 Å². The van der Waals surface area contributed by atoms with Crippen LogP contribution in [0.15, 0.2) is 60.8 Å². The van der Waals surface area contributed by atoms with E-state index in [0.29, 0.717) is 29.3 Å². The minimum atomic E-state index is -0.593. The van der Waals surface area contributed by atoms with Crippen LogP contribution in [0.3, 0.4) is 0 Å². The van der Waals surface area contributed by atoms with Crippen molar-refractivity contribution < 1.29 is 57.8 Å². The van der Waals surface area contributed by atoms with Gasteiger partial charge >= 0.3 is 30.0 Å². The van der Waals surface area contributed by atoms with Gasteiger partial charge < -0.3 is 62.8 Å². The lowest BCUT2D eigenvalue weighted by molar-refractivity contribution is -0.167. The zero-order valence-electron chi connectivity index (χ0n) is 35.3. The lowest BCUT2D eigenvalue weighted by Crippen LogP contribution is -2.42. The highest BCUT2D eigenvalue weighted by Gasteiger charge is 2.12. The molecule has 3 rings (SSSR count). The zero-order valence-corrected chi connectivity index (χ0v) is 35.3. The Labute approximate surface area is 358 Å². The molecule has 0 saturated carbocycles. The van der Waals surface area contributed by atoms with Crippen molar-refractivity contribution in [3.8, 4) is 5.75 Å². The minimum absolute atomic E-state index is 0.0169. The van der Waals surface area contributed by atoms with Crippen LogP contribution >= 0.6 is 0 Å². The van der Waals surface area contributed by atoms with Crippen molar-refractivity contribution in [2.75, 3.05) is 63.4 Å². The van der Waals surface area contributed by atoms with Crippen LogP contribution in [0.4, 0.5) is 31.6 Å². The van der Waals surface area contributed by atoms with Gasteiger partial charge in [0.1, 0.15) is 31.2 Å². The summed E-state index contributed by atoms with van der Waals surface area (Å²) in [7, 11) is 2.83. The zero-order chi connectivity index (χ0) is 46.5. The molecule has 0 unspecified atom stereocenters. The van der Waals surface area contributed by atoms with E-state index in [1.165, 1.54) is 34.1 Å². The fourth-order valence-corrected chi connectivity index (χ4v) is 4.39. The fraction of sp³-hybridized carbons (Fsp3) is 0.359. The van der Waals surface area contributed by atoms with Gasteiger partial charge in [-0.15, -0.1) is 0 Å². The van der Waals surface area contributed by atoms with Crippen LogP contribution in [0.25, 0.3) is 0 Å². The van der Waals surface area contributed by atoms with Gasteiger partial charge in [0.2, 0.25) is 11.8 Å². The number of esters is 2. The van der Waals surface area contributed by atoms with Crippen molar-refractivity contribution >= 4 is 64.9 Å². The van der Waals surface area contributed by atoms with Gasteiger partial charge in [-0.25, -0.2) is 24.4 Å². The van der Waals surface area contributed by atoms with Crippen molar-refractivity contribution in [3.05, 3.63) is 77.5 Å². The molecule has 0 aliphatic rings. The quantitative estimate of drug-likeness (QED) is 0.0674. The molecule has 23 heteroatoms. The van der Waals surface area contributed by atoms with Crippen LogP contribution < -0.4 is 48.3 Å². The molecule has 0 aliphatic heterocycles. The number of aromatic nitrogens is 1. The van der Waals surface area contributed by atoms with Crippen LogP contribution in [0.2, 0.25) is 0 Å². The lowest BCUT2D eigenvalue weighted by atomic mass is 10.1. The van der Waals surface area contributed by atoms with E-state index in [4.69, 9.17) is 5.73 Å². The number of likely N-dealkylation sites (N-methyl/N-ethyl adjacent to an activating group) is 1. The number of benzene rings is 2. The topological polar surface area (TPSA) is 323 Å². The highest BCUT2D eigenvalue weighted by molar-refractivity contribution is 5.90. The monoisotopic (exact) mass is 869 g/mol. The number of aromatic hydroxyl groups is 1. The summed E-state index contributed by atoms with van der Waals surface area (Å²) in [4.78, 5) is 98.6. The van der Waals surface area contributed by atoms with E-state index in [-0.39, 0.29) is 69.4 Å². The summed E-state index contributed by atoms with van der Waals surface area (Å²) in [5.74, 6) is -1.48. The number of hydrogen-bond acceptors (Lipinski definition) is 14. The fourth-order valence-electron chi connectivity index (χ4n) is 4.39. The van der Waals surface area contributed by atoms with E-state index in [1.54, 1.807) is 62.5 Å². The van der Waals surface area contributed by atoms with Gasteiger partial charge in [0, 0.05) is 57.1 Å². The SMILES string of the molecule is CCOC(=O)CNC(=O)NCc1c(O)cccc1NC(C)=O.CCOC(=O)CNC(=O)NCc1cccc(NC(C)=O)c1.CON(C)C(=O)CNC(=O)NCc1ccc(N)nc1. The Morgan fingerprint density at radius 1 is 0.677 bits per heavy atom. The van der Waals surface area contributed by atoms with Crippen LogP contribution in [0, 0.1) is 0 Å². The molecule has 0 aliphatic carbocycles. The molecule has 1 heterocycles. The number of hydroxylamine groups is 2. The first-order valence-electron chi connectivity index (χ1n) is 18.8. The van der Waals surface area contributed by atoms with E-state index >= 15 is 0 Å². The van der Waals surface area contributed by atoms with Gasteiger partial charge in [0.05, 0.1) is 26.9 Å². The average molecular weight is 870 g/mol. The summed E-state index contributed by atoms with van der Waals surface area (Å²) >= 11 is 0. The van der Waals surface area contributed by atoms with Crippen molar-refractivity contribution in [1.29, 1.82) is 0 Å². The molecule has 11 N–H and O–H groups in total. The number of pyridine rings is 1. The van der Waals surface area contributed by atoms with E-state index < -0.39 is 30.0 Å². The number of phenolic OH excluding ortho intramolecular Hbond substituents is 1. The molecule has 2 aromatic carbocycles. The van der Waals surface area contributed by atoms with Gasteiger partial charge in [0.15, 0.2) is 0 Å². The number of nitrogens with one attached hydrogen (secondary N) is 8. The third-order valence-corrected chi connectivity index (χ3v) is 7.31. The Kier molecular flexibility index (Phi) is 24.9. The Balaban J connectivity index is 0.000000466. The molecule has 0 atom stereocenters. The Morgan fingerprint density at radius 3 is 1.73 bits per heavy atom. The largest absolute Gasteiger partial charge is 0.508 e. The molecule has 3 aromatic rings. The van der Waals surface area contributed by atoms with E-state index in [1.807, 2.05) is 6.07 Å². The second kappa shape index (κ2) is 29.5. The normalized spacial score (nSPS) is 9.71. The molecule has 0 radical (unpaired) electrons. The van der Waals surface area contributed by atoms with E-state index in [9.17, 15) is 43.5 Å². The number of ether oxygens (including phenoxy) is 2. The first kappa shape index (κ1) is 52.3. The summed E-state index contributed by atoms with van der Waals surface area (Å²) in [5, 5.41) is 30.9. The van der Waals surface area contributed by atoms with Crippen molar-refractivity contribution in [2.45, 2.75) is 47.3 Å². The Morgan fingerprint density at radius 2 is 1.21 bits per heavy atom. The highest BCUT2D eigenvalue weighted by atomic mass is 16.7. The molecule has 23 nitrogen and oxygen atoms in total. The molecule has 0 bridgehead atoms. The number of hydrogen-bond donors (Lipinski definition) is 10. The van der Waals surface area contributed by atoms with Crippen LogP contribution in [-0.2, 0) is 57.9 Å². The summed E-state index contributed by atoms with van der Waals surface area (Å²) in [5.41, 5.74) is 8.50. The Hall–Kier alpha value is -7.69. The average Bonchev–Trinajstić information content (AvgIpc) is 3.23. The molecule has 9 amide bonds. The maximum Gasteiger partial charge on any atom is 0.325 e. The third-order valence-electron chi connectivity index (χ3n) is 7.31. The summed E-state index contributed by atoms with van der Waals surface area (Å²) < 4.78 is 9.35. The number of nitrogens with zero attached hydrogens (tertiary/aromatic N) is 2. The second-order valence-electron chi connectivity index (χ2n) is 12.2. The first-order valence-corrected chi connectivity index (χ1v) is 18.8. The number of carbonyl (C=O) groups is 8. The van der Waals surface area contributed by atoms with Gasteiger partial charge in [-0.3, -0.25) is 28.8 Å². The minimum Gasteiger partial charge on any atom is -0.508 e. The molecule has 0 spiro atoms. The third kappa shape index (κ3) is 23.6. The van der Waals surface area contributed by atoms with Gasteiger partial charge in [-0.2, -0.15) is 0 Å². The van der Waals surface area contributed by atoms with E-state index in [2.05, 4.69) is 61.8 Å². The molecule has 0 fully saturated rings. The van der Waals surface area contributed by atoms with Gasteiger partial charge in [-0.05, 0) is 55.3 Å². The standard InChI is InChI=1S/C14H19N3O5.C14H19N3O4.C11H17N5O3/c1-3-22-13(20)8-16-14(21)15-7-10-11(17-9(2)18)5-4-6-12(10)19;1-3-21-13(19)9-16-14(20)15-8-11-5-4-6-12(7-11)17-10(2)18;1-16(19-2)10(17)7-15-11(18)14-6-8-3-4-9(12)13-5-8/h4-6,19H,3,7-8H2,1-2H3,(H,17,18)(H2,15,16,21);4-7H,3,8-9H2,1-2H3,(H,17,18)(H2,15,16,20);3-5H,6-7H2,1-2H3,(H2,12,13)(H2,14,15,18). The van der Waals surface area contributed by atoms with Crippen molar-refractivity contribution in [2.24, 2.45) is 0 Å². The number of nitrogen functional groups attached to an aromatic ring is 1. The number of nitrogens with two attached hydrogens (primary N) is 1. The molecule has 338 valence electrons. The number of rotatable bonds is 17. The molecule has 1 aromatic heterocycles. The lowest BCUT2D eigenvalue weighted by Gasteiger charge is -2.14. The van der Waals surface area contributed by atoms with E-state index in [0.717, 1.165) is 16.2 Å². The summed E-state index contributed by atoms with van der Waals surface area (Å²) in [6.45, 7) is 6.63. The molecule has 62 heavy (non-hydrogen) atoms. The first-order chi connectivity index (χ1) is 29.5. The Bertz CT molecular complexity index is 1950. The summed E-state index contributed by atoms with van der Waals surface area (Å²) in [6.07, 6.45) is 1.57.